The Morgan fingerprint density at radius 1 is 1.18 bits per heavy atom. The number of nitrogens with one attached hydrogen (secondary N) is 1. The quantitative estimate of drug-likeness (QED) is 0.789. The topological polar surface area (TPSA) is 15.3 Å². The van der Waals surface area contributed by atoms with E-state index in [4.69, 9.17) is 0 Å². The predicted octanol–water partition coefficient (Wildman–Crippen LogP) is 2.49. The van der Waals surface area contributed by atoms with Crippen LogP contribution in [0.3, 0.4) is 0 Å². The maximum atomic E-state index is 3.78. The van der Waals surface area contributed by atoms with Crippen molar-refractivity contribution in [3.8, 4) is 0 Å². The van der Waals surface area contributed by atoms with Gasteiger partial charge in [0.25, 0.3) is 0 Å². The summed E-state index contributed by atoms with van der Waals surface area (Å²) in [7, 11) is 0. The van der Waals surface area contributed by atoms with E-state index in [0.29, 0.717) is 0 Å². The Balaban J connectivity index is 1.55. The van der Waals surface area contributed by atoms with Crippen LogP contribution in [0.1, 0.15) is 46.0 Å². The Hall–Kier alpha value is -0.0800. The van der Waals surface area contributed by atoms with E-state index in [0.717, 1.165) is 29.8 Å². The van der Waals surface area contributed by atoms with Crippen molar-refractivity contribution in [2.24, 2.45) is 17.8 Å². The van der Waals surface area contributed by atoms with Crippen LogP contribution in [0, 0.1) is 17.8 Å². The zero-order valence-corrected chi connectivity index (χ0v) is 11.5. The zero-order valence-electron chi connectivity index (χ0n) is 11.5. The molecule has 2 aliphatic carbocycles. The van der Waals surface area contributed by atoms with Gasteiger partial charge in [0.1, 0.15) is 0 Å². The van der Waals surface area contributed by atoms with Crippen molar-refractivity contribution in [3.05, 3.63) is 0 Å². The third-order valence-electron chi connectivity index (χ3n) is 4.98. The standard InChI is InChI=1S/C15H28N2/c1-11(2)14-10-17(8-7-12-3-4-12)15(9-16-14)13-5-6-13/h11-16H,3-10H2,1-2H3. The van der Waals surface area contributed by atoms with Crippen LogP contribution < -0.4 is 5.32 Å². The molecule has 1 saturated heterocycles. The molecule has 1 N–H and O–H groups in total. The lowest BCUT2D eigenvalue weighted by Crippen LogP contribution is -2.59. The van der Waals surface area contributed by atoms with Crippen molar-refractivity contribution in [2.75, 3.05) is 19.6 Å². The monoisotopic (exact) mass is 236 g/mol. The van der Waals surface area contributed by atoms with Crippen LogP contribution in [0.25, 0.3) is 0 Å². The summed E-state index contributed by atoms with van der Waals surface area (Å²) >= 11 is 0. The van der Waals surface area contributed by atoms with Gasteiger partial charge in [-0.3, -0.25) is 4.90 Å². The van der Waals surface area contributed by atoms with Crippen LogP contribution in [-0.4, -0.2) is 36.6 Å². The zero-order chi connectivity index (χ0) is 11.8. The van der Waals surface area contributed by atoms with Gasteiger partial charge in [0, 0.05) is 25.2 Å². The van der Waals surface area contributed by atoms with Gasteiger partial charge in [-0.25, -0.2) is 0 Å². The molecule has 2 saturated carbocycles. The molecule has 2 nitrogen and oxygen atoms in total. The Morgan fingerprint density at radius 2 is 1.94 bits per heavy atom. The van der Waals surface area contributed by atoms with E-state index >= 15 is 0 Å². The first-order valence-corrected chi connectivity index (χ1v) is 7.71. The molecule has 0 bridgehead atoms. The van der Waals surface area contributed by atoms with Crippen molar-refractivity contribution >= 4 is 0 Å². The highest BCUT2D eigenvalue weighted by Crippen LogP contribution is 2.38. The lowest BCUT2D eigenvalue weighted by atomic mass is 9.97. The Bertz CT molecular complexity index is 256. The lowest BCUT2D eigenvalue weighted by Gasteiger charge is -2.42. The van der Waals surface area contributed by atoms with Crippen LogP contribution in [0.5, 0.6) is 0 Å². The molecule has 0 spiro atoms. The second-order valence-corrected chi connectivity index (χ2v) is 6.89. The van der Waals surface area contributed by atoms with E-state index in [-0.39, 0.29) is 0 Å². The molecule has 98 valence electrons. The summed E-state index contributed by atoms with van der Waals surface area (Å²) in [6, 6.07) is 1.59. The molecule has 3 fully saturated rings. The van der Waals surface area contributed by atoms with Crippen LogP contribution >= 0.6 is 0 Å². The fourth-order valence-electron chi connectivity index (χ4n) is 3.26. The third kappa shape index (κ3) is 3.03. The maximum absolute atomic E-state index is 3.78. The molecule has 0 aromatic carbocycles. The highest BCUT2D eigenvalue weighted by Gasteiger charge is 2.39. The summed E-state index contributed by atoms with van der Waals surface area (Å²) < 4.78 is 0. The average molecular weight is 236 g/mol. The molecule has 0 amide bonds. The molecule has 2 atom stereocenters. The molecule has 17 heavy (non-hydrogen) atoms. The molecule has 2 unspecified atom stereocenters. The second kappa shape index (κ2) is 4.89. The summed E-state index contributed by atoms with van der Waals surface area (Å²) in [6.45, 7) is 8.63. The molecule has 3 aliphatic rings. The van der Waals surface area contributed by atoms with Crippen LogP contribution in [0.4, 0.5) is 0 Å². The first-order valence-electron chi connectivity index (χ1n) is 7.71. The SMILES string of the molecule is CC(C)C1CN(CCC2CC2)C(C2CC2)CN1. The van der Waals surface area contributed by atoms with Gasteiger partial charge in [-0.2, -0.15) is 0 Å². The minimum absolute atomic E-state index is 0.726. The summed E-state index contributed by atoms with van der Waals surface area (Å²) in [4.78, 5) is 2.83. The van der Waals surface area contributed by atoms with E-state index < -0.39 is 0 Å². The predicted molar refractivity (Wildman–Crippen MR) is 72.1 cm³/mol. The van der Waals surface area contributed by atoms with E-state index in [1.54, 1.807) is 0 Å². The molecule has 1 heterocycles. The minimum Gasteiger partial charge on any atom is -0.311 e. The van der Waals surface area contributed by atoms with Gasteiger partial charge in [0.05, 0.1) is 0 Å². The number of nitrogens with zero attached hydrogens (tertiary/aromatic N) is 1. The normalized spacial score (nSPS) is 35.5. The van der Waals surface area contributed by atoms with Gasteiger partial charge in [-0.1, -0.05) is 26.7 Å². The Labute approximate surface area is 106 Å². The van der Waals surface area contributed by atoms with Gasteiger partial charge in [0.2, 0.25) is 0 Å². The first-order chi connectivity index (χ1) is 8.24. The molecule has 0 radical (unpaired) electrons. The van der Waals surface area contributed by atoms with E-state index in [2.05, 4.69) is 24.1 Å². The summed E-state index contributed by atoms with van der Waals surface area (Å²) in [5.74, 6) is 2.88. The lowest BCUT2D eigenvalue weighted by molar-refractivity contribution is 0.0969. The minimum atomic E-state index is 0.726. The number of rotatable bonds is 5. The highest BCUT2D eigenvalue weighted by molar-refractivity contribution is 4.96. The molecular weight excluding hydrogens is 208 g/mol. The van der Waals surface area contributed by atoms with Crippen LogP contribution in [0.2, 0.25) is 0 Å². The van der Waals surface area contributed by atoms with Gasteiger partial charge >= 0.3 is 0 Å². The molecule has 2 heteroatoms. The smallest absolute Gasteiger partial charge is 0.0249 e. The van der Waals surface area contributed by atoms with Crippen molar-refractivity contribution in [3.63, 3.8) is 0 Å². The highest BCUT2D eigenvalue weighted by atomic mass is 15.2. The largest absolute Gasteiger partial charge is 0.311 e. The molecule has 3 rings (SSSR count). The summed E-state index contributed by atoms with van der Waals surface area (Å²) in [6.07, 6.45) is 7.45. The molecule has 0 aromatic heterocycles. The third-order valence-corrected chi connectivity index (χ3v) is 4.98. The number of hydrogen-bond donors (Lipinski definition) is 1. The number of hydrogen-bond acceptors (Lipinski definition) is 2. The van der Waals surface area contributed by atoms with Crippen LogP contribution in [-0.2, 0) is 0 Å². The summed E-state index contributed by atoms with van der Waals surface area (Å²) in [5, 5.41) is 3.78. The first kappa shape index (κ1) is 12.0. The van der Waals surface area contributed by atoms with Gasteiger partial charge in [-0.15, -0.1) is 0 Å². The summed E-state index contributed by atoms with van der Waals surface area (Å²) in [5.41, 5.74) is 0. The fourth-order valence-corrected chi connectivity index (χ4v) is 3.26. The van der Waals surface area contributed by atoms with Crippen molar-refractivity contribution in [1.82, 2.24) is 10.2 Å². The molecule has 1 aliphatic heterocycles. The van der Waals surface area contributed by atoms with Gasteiger partial charge in [0.15, 0.2) is 0 Å². The fraction of sp³-hybridized carbons (Fsp3) is 1.00. The Morgan fingerprint density at radius 3 is 2.53 bits per heavy atom. The van der Waals surface area contributed by atoms with E-state index in [1.165, 1.54) is 51.7 Å². The van der Waals surface area contributed by atoms with Crippen molar-refractivity contribution in [1.29, 1.82) is 0 Å². The van der Waals surface area contributed by atoms with Gasteiger partial charge in [-0.05, 0) is 43.6 Å². The van der Waals surface area contributed by atoms with Crippen molar-refractivity contribution in [2.45, 2.75) is 58.0 Å². The van der Waals surface area contributed by atoms with E-state index in [9.17, 15) is 0 Å². The van der Waals surface area contributed by atoms with E-state index in [1.807, 2.05) is 0 Å². The Kier molecular flexibility index (Phi) is 3.45. The van der Waals surface area contributed by atoms with Crippen LogP contribution in [0.15, 0.2) is 0 Å². The second-order valence-electron chi connectivity index (χ2n) is 6.89. The van der Waals surface area contributed by atoms with Gasteiger partial charge < -0.3 is 5.32 Å². The number of piperazine rings is 1. The molecular formula is C15H28N2. The molecule has 0 aromatic rings. The average Bonchev–Trinajstić information content (AvgIpc) is 3.16. The van der Waals surface area contributed by atoms with Crippen molar-refractivity contribution < 1.29 is 0 Å². The maximum Gasteiger partial charge on any atom is 0.0249 e.